The summed E-state index contributed by atoms with van der Waals surface area (Å²) < 4.78 is 5.52. The van der Waals surface area contributed by atoms with E-state index in [2.05, 4.69) is 17.1 Å². The standard InChI is InChI=1S/C18H18N2O2/c1-3-12-22-17-7-5-4-6-16(17)13-19-20-18(21)15-10-8-14(2)9-11-15/h3-11,13H,1,12H2,2H3,(H,20,21)/b19-13+. The molecule has 0 aliphatic rings. The fourth-order valence-corrected chi connectivity index (χ4v) is 1.80. The molecule has 1 N–H and O–H groups in total. The Balaban J connectivity index is 2.01. The lowest BCUT2D eigenvalue weighted by Crippen LogP contribution is -2.17. The third-order valence-corrected chi connectivity index (χ3v) is 2.96. The second-order valence-electron chi connectivity index (χ2n) is 4.70. The number of carbonyl (C=O) groups is 1. The normalized spacial score (nSPS) is 10.4. The van der Waals surface area contributed by atoms with Crippen LogP contribution in [0.3, 0.4) is 0 Å². The van der Waals surface area contributed by atoms with Crippen molar-refractivity contribution in [2.45, 2.75) is 6.92 Å². The Morgan fingerprint density at radius 3 is 2.68 bits per heavy atom. The number of nitrogens with one attached hydrogen (secondary N) is 1. The lowest BCUT2D eigenvalue weighted by atomic mass is 10.1. The van der Waals surface area contributed by atoms with Gasteiger partial charge in [-0.05, 0) is 31.2 Å². The van der Waals surface area contributed by atoms with Gasteiger partial charge in [0.2, 0.25) is 0 Å². The maximum atomic E-state index is 11.9. The van der Waals surface area contributed by atoms with Crippen molar-refractivity contribution in [1.29, 1.82) is 0 Å². The van der Waals surface area contributed by atoms with Gasteiger partial charge in [0.15, 0.2) is 0 Å². The molecule has 2 rings (SSSR count). The summed E-state index contributed by atoms with van der Waals surface area (Å²) in [6, 6.07) is 14.8. The first-order valence-corrected chi connectivity index (χ1v) is 6.93. The second-order valence-corrected chi connectivity index (χ2v) is 4.70. The van der Waals surface area contributed by atoms with Gasteiger partial charge in [0.25, 0.3) is 5.91 Å². The Morgan fingerprint density at radius 2 is 1.95 bits per heavy atom. The summed E-state index contributed by atoms with van der Waals surface area (Å²) in [5.74, 6) is 0.441. The Bertz CT molecular complexity index is 676. The number of ether oxygens (including phenoxy) is 1. The molecule has 0 unspecified atom stereocenters. The molecule has 112 valence electrons. The number of carbonyl (C=O) groups excluding carboxylic acids is 1. The number of para-hydroxylation sites is 1. The molecular weight excluding hydrogens is 276 g/mol. The van der Waals surface area contributed by atoms with Crippen molar-refractivity contribution in [3.05, 3.63) is 77.9 Å². The van der Waals surface area contributed by atoms with Gasteiger partial charge in [0, 0.05) is 11.1 Å². The van der Waals surface area contributed by atoms with Crippen LogP contribution in [0.25, 0.3) is 0 Å². The predicted octanol–water partition coefficient (Wildman–Crippen LogP) is 3.32. The third-order valence-electron chi connectivity index (χ3n) is 2.96. The number of hydrogen-bond donors (Lipinski definition) is 1. The Labute approximate surface area is 130 Å². The summed E-state index contributed by atoms with van der Waals surface area (Å²) in [7, 11) is 0. The highest BCUT2D eigenvalue weighted by Gasteiger charge is 2.03. The van der Waals surface area contributed by atoms with Gasteiger partial charge in [-0.1, -0.05) is 42.5 Å². The van der Waals surface area contributed by atoms with Crippen LogP contribution in [0.15, 0.2) is 66.3 Å². The summed E-state index contributed by atoms with van der Waals surface area (Å²) in [4.78, 5) is 11.9. The first-order chi connectivity index (χ1) is 10.7. The topological polar surface area (TPSA) is 50.7 Å². The minimum atomic E-state index is -0.249. The quantitative estimate of drug-likeness (QED) is 0.505. The van der Waals surface area contributed by atoms with Gasteiger partial charge in [0.1, 0.15) is 12.4 Å². The van der Waals surface area contributed by atoms with E-state index >= 15 is 0 Å². The molecule has 4 nitrogen and oxygen atoms in total. The van der Waals surface area contributed by atoms with Gasteiger partial charge in [0.05, 0.1) is 6.21 Å². The van der Waals surface area contributed by atoms with Crippen LogP contribution < -0.4 is 10.2 Å². The zero-order valence-corrected chi connectivity index (χ0v) is 12.5. The number of benzene rings is 2. The van der Waals surface area contributed by atoms with E-state index in [1.54, 1.807) is 24.4 Å². The van der Waals surface area contributed by atoms with E-state index in [-0.39, 0.29) is 5.91 Å². The largest absolute Gasteiger partial charge is 0.489 e. The molecule has 0 aromatic heterocycles. The molecule has 22 heavy (non-hydrogen) atoms. The molecule has 0 aliphatic heterocycles. The van der Waals surface area contributed by atoms with Crippen molar-refractivity contribution in [3.63, 3.8) is 0 Å². The zero-order valence-electron chi connectivity index (χ0n) is 12.5. The molecule has 0 fully saturated rings. The van der Waals surface area contributed by atoms with E-state index in [4.69, 9.17) is 4.74 Å². The van der Waals surface area contributed by atoms with Crippen LogP contribution >= 0.6 is 0 Å². The lowest BCUT2D eigenvalue weighted by molar-refractivity contribution is 0.0955. The van der Waals surface area contributed by atoms with Crippen LogP contribution in [0.4, 0.5) is 0 Å². The first kappa shape index (κ1) is 15.5. The smallest absolute Gasteiger partial charge is 0.271 e. The molecule has 0 saturated carbocycles. The highest BCUT2D eigenvalue weighted by molar-refractivity contribution is 5.95. The van der Waals surface area contributed by atoms with Gasteiger partial charge in [-0.25, -0.2) is 5.43 Å². The molecule has 0 heterocycles. The number of hydrazone groups is 1. The van der Waals surface area contributed by atoms with E-state index in [9.17, 15) is 4.79 Å². The molecule has 4 heteroatoms. The van der Waals surface area contributed by atoms with Gasteiger partial charge < -0.3 is 4.74 Å². The maximum absolute atomic E-state index is 11.9. The average molecular weight is 294 g/mol. The molecule has 2 aromatic carbocycles. The Kier molecular flexibility index (Phi) is 5.49. The lowest BCUT2D eigenvalue weighted by Gasteiger charge is -2.06. The van der Waals surface area contributed by atoms with Gasteiger partial charge in [-0.3, -0.25) is 4.79 Å². The van der Waals surface area contributed by atoms with Crippen LogP contribution in [0, 0.1) is 6.92 Å². The summed E-state index contributed by atoms with van der Waals surface area (Å²) in [6.07, 6.45) is 3.23. The van der Waals surface area contributed by atoms with Crippen LogP contribution in [0.2, 0.25) is 0 Å². The number of hydrogen-bond acceptors (Lipinski definition) is 3. The predicted molar refractivity (Wildman–Crippen MR) is 88.4 cm³/mol. The summed E-state index contributed by atoms with van der Waals surface area (Å²) in [5.41, 5.74) is 4.96. The average Bonchev–Trinajstić information content (AvgIpc) is 2.54. The molecule has 0 aliphatic carbocycles. The van der Waals surface area contributed by atoms with Crippen molar-refractivity contribution in [1.82, 2.24) is 5.43 Å². The summed E-state index contributed by atoms with van der Waals surface area (Å²) in [6.45, 7) is 6.00. The van der Waals surface area contributed by atoms with Crippen molar-refractivity contribution in [2.75, 3.05) is 6.61 Å². The molecule has 2 aromatic rings. The third kappa shape index (κ3) is 4.31. The number of nitrogens with zero attached hydrogens (tertiary/aromatic N) is 1. The molecule has 0 atom stereocenters. The van der Waals surface area contributed by atoms with E-state index in [0.717, 1.165) is 11.1 Å². The Morgan fingerprint density at radius 1 is 1.23 bits per heavy atom. The van der Waals surface area contributed by atoms with Crippen LogP contribution in [0.5, 0.6) is 5.75 Å². The second kappa shape index (κ2) is 7.78. The first-order valence-electron chi connectivity index (χ1n) is 6.93. The monoisotopic (exact) mass is 294 g/mol. The van der Waals surface area contributed by atoms with Crippen LogP contribution in [-0.2, 0) is 0 Å². The molecule has 0 saturated heterocycles. The summed E-state index contributed by atoms with van der Waals surface area (Å²) >= 11 is 0. The zero-order chi connectivity index (χ0) is 15.8. The van der Waals surface area contributed by atoms with Gasteiger partial charge in [-0.15, -0.1) is 0 Å². The highest BCUT2D eigenvalue weighted by atomic mass is 16.5. The number of rotatable bonds is 6. The molecule has 0 spiro atoms. The van der Waals surface area contributed by atoms with Crippen molar-refractivity contribution < 1.29 is 9.53 Å². The summed E-state index contributed by atoms with van der Waals surface area (Å²) in [5, 5.41) is 3.98. The molecule has 0 bridgehead atoms. The highest BCUT2D eigenvalue weighted by Crippen LogP contribution is 2.15. The molecule has 1 amide bonds. The van der Waals surface area contributed by atoms with E-state index in [0.29, 0.717) is 17.9 Å². The number of aryl methyl sites for hydroxylation is 1. The fourth-order valence-electron chi connectivity index (χ4n) is 1.80. The van der Waals surface area contributed by atoms with Crippen LogP contribution in [0.1, 0.15) is 21.5 Å². The molecule has 0 radical (unpaired) electrons. The van der Waals surface area contributed by atoms with Crippen molar-refractivity contribution in [2.24, 2.45) is 5.10 Å². The minimum absolute atomic E-state index is 0.249. The van der Waals surface area contributed by atoms with Crippen LogP contribution in [-0.4, -0.2) is 18.7 Å². The molecular formula is C18H18N2O2. The van der Waals surface area contributed by atoms with E-state index in [1.165, 1.54) is 0 Å². The van der Waals surface area contributed by atoms with Crippen molar-refractivity contribution in [3.8, 4) is 5.75 Å². The van der Waals surface area contributed by atoms with E-state index in [1.807, 2.05) is 43.3 Å². The van der Waals surface area contributed by atoms with Gasteiger partial charge >= 0.3 is 0 Å². The maximum Gasteiger partial charge on any atom is 0.271 e. The fraction of sp³-hybridized carbons (Fsp3) is 0.111. The number of amides is 1. The minimum Gasteiger partial charge on any atom is -0.489 e. The van der Waals surface area contributed by atoms with E-state index < -0.39 is 0 Å². The van der Waals surface area contributed by atoms with Gasteiger partial charge in [-0.2, -0.15) is 5.10 Å². The Hall–Kier alpha value is -2.88. The van der Waals surface area contributed by atoms with Crippen molar-refractivity contribution >= 4 is 12.1 Å². The SMILES string of the molecule is C=CCOc1ccccc1/C=N/NC(=O)c1ccc(C)cc1.